The van der Waals surface area contributed by atoms with Crippen LogP contribution in [0.25, 0.3) is 11.3 Å². The highest BCUT2D eigenvalue weighted by molar-refractivity contribution is 7.14. The van der Waals surface area contributed by atoms with Crippen LogP contribution in [0.3, 0.4) is 0 Å². The summed E-state index contributed by atoms with van der Waals surface area (Å²) in [4.78, 5) is 30.4. The fraction of sp³-hybridized carbons (Fsp3) is 0.400. The van der Waals surface area contributed by atoms with Gasteiger partial charge in [-0.2, -0.15) is 0 Å². The molecule has 2 aromatic heterocycles. The second kappa shape index (κ2) is 8.27. The van der Waals surface area contributed by atoms with E-state index in [0.29, 0.717) is 23.1 Å². The van der Waals surface area contributed by atoms with Gasteiger partial charge >= 0.3 is 5.97 Å². The number of rotatable bonds is 7. The van der Waals surface area contributed by atoms with E-state index >= 15 is 0 Å². The number of amides is 1. The van der Waals surface area contributed by atoms with Gasteiger partial charge in [-0.25, -0.2) is 9.78 Å². The number of hydrogen-bond donors (Lipinski definition) is 3. The number of H-pyrrole nitrogens is 1. The summed E-state index contributed by atoms with van der Waals surface area (Å²) in [6.07, 6.45) is 4.20. The lowest BCUT2D eigenvalue weighted by atomic mass is 10.2. The zero-order valence-electron chi connectivity index (χ0n) is 13.1. The van der Waals surface area contributed by atoms with Crippen LogP contribution < -0.4 is 10.6 Å². The Balaban J connectivity index is 0.00000208. The molecule has 0 radical (unpaired) electrons. The van der Waals surface area contributed by atoms with Crippen molar-refractivity contribution in [2.45, 2.75) is 12.8 Å². The molecule has 0 unspecified atom stereocenters. The van der Waals surface area contributed by atoms with Crippen molar-refractivity contribution in [1.29, 1.82) is 0 Å². The molecule has 0 atom stereocenters. The van der Waals surface area contributed by atoms with Gasteiger partial charge in [-0.3, -0.25) is 4.79 Å². The Morgan fingerprint density at radius 3 is 2.96 bits per heavy atom. The molecule has 1 amide bonds. The van der Waals surface area contributed by atoms with Crippen LogP contribution in [-0.4, -0.2) is 42.0 Å². The molecule has 1 aliphatic carbocycles. The zero-order valence-corrected chi connectivity index (χ0v) is 14.8. The predicted molar refractivity (Wildman–Crippen MR) is 94.7 cm³/mol. The van der Waals surface area contributed by atoms with Crippen LogP contribution in [0.5, 0.6) is 0 Å². The summed E-state index contributed by atoms with van der Waals surface area (Å²) < 4.78 is 4.65. The first kappa shape index (κ1) is 18.4. The summed E-state index contributed by atoms with van der Waals surface area (Å²) in [6, 6.07) is 1.67. The molecule has 0 aliphatic heterocycles. The number of esters is 1. The molecule has 3 rings (SSSR count). The molecular formula is C15H19ClN4O3S. The Labute approximate surface area is 149 Å². The Kier molecular flexibility index (Phi) is 6.36. The van der Waals surface area contributed by atoms with E-state index in [1.54, 1.807) is 12.3 Å². The van der Waals surface area contributed by atoms with Gasteiger partial charge in [0.15, 0.2) is 5.13 Å². The molecule has 3 N–H and O–H groups in total. The quantitative estimate of drug-likeness (QED) is 0.650. The Morgan fingerprint density at radius 1 is 1.46 bits per heavy atom. The number of aromatic amines is 1. The first-order chi connectivity index (χ1) is 11.2. The summed E-state index contributed by atoms with van der Waals surface area (Å²) in [5, 5.41) is 8.28. The van der Waals surface area contributed by atoms with Crippen LogP contribution in [0.4, 0.5) is 5.13 Å². The van der Waals surface area contributed by atoms with Gasteiger partial charge in [0.1, 0.15) is 5.69 Å². The highest BCUT2D eigenvalue weighted by Gasteiger charge is 2.20. The molecule has 1 fully saturated rings. The van der Waals surface area contributed by atoms with Crippen LogP contribution in [0.1, 0.15) is 23.3 Å². The van der Waals surface area contributed by atoms with E-state index in [2.05, 4.69) is 25.3 Å². The highest BCUT2D eigenvalue weighted by atomic mass is 35.5. The molecule has 0 saturated heterocycles. The number of halogens is 1. The van der Waals surface area contributed by atoms with Crippen molar-refractivity contribution < 1.29 is 14.3 Å². The van der Waals surface area contributed by atoms with Crippen molar-refractivity contribution in [2.75, 3.05) is 25.5 Å². The number of thiazole rings is 1. The van der Waals surface area contributed by atoms with Crippen molar-refractivity contribution >= 4 is 40.8 Å². The van der Waals surface area contributed by atoms with E-state index in [1.165, 1.54) is 31.3 Å². The molecule has 2 heterocycles. The maximum Gasteiger partial charge on any atom is 0.354 e. The van der Waals surface area contributed by atoms with Gasteiger partial charge in [0.25, 0.3) is 0 Å². The first-order valence-electron chi connectivity index (χ1n) is 7.39. The number of nitrogens with zero attached hydrogens (tertiary/aromatic N) is 1. The van der Waals surface area contributed by atoms with E-state index in [4.69, 9.17) is 0 Å². The summed E-state index contributed by atoms with van der Waals surface area (Å²) >= 11 is 1.35. The SMILES string of the molecule is COC(=O)c1cc(-c2csc(NC(=O)CNCC3CC3)n2)c[nH]1.Cl. The van der Waals surface area contributed by atoms with Gasteiger partial charge in [-0.1, -0.05) is 0 Å². The predicted octanol–water partition coefficient (Wildman–Crippen LogP) is 2.28. The fourth-order valence-corrected chi connectivity index (χ4v) is 2.84. The minimum Gasteiger partial charge on any atom is -0.464 e. The molecule has 1 saturated carbocycles. The number of nitrogens with one attached hydrogen (secondary N) is 3. The molecule has 2 aromatic rings. The second-order valence-corrected chi connectivity index (χ2v) is 6.31. The van der Waals surface area contributed by atoms with Crippen molar-refractivity contribution in [3.8, 4) is 11.3 Å². The molecule has 0 spiro atoms. The van der Waals surface area contributed by atoms with Crippen LogP contribution in [0, 0.1) is 5.92 Å². The number of anilines is 1. The topological polar surface area (TPSA) is 96.1 Å². The van der Waals surface area contributed by atoms with Gasteiger partial charge in [0, 0.05) is 17.1 Å². The molecule has 0 bridgehead atoms. The van der Waals surface area contributed by atoms with E-state index in [0.717, 1.165) is 18.0 Å². The average Bonchev–Trinajstić information content (AvgIpc) is 3.04. The van der Waals surface area contributed by atoms with E-state index in [9.17, 15) is 9.59 Å². The summed E-state index contributed by atoms with van der Waals surface area (Å²) in [7, 11) is 1.33. The number of ether oxygens (including phenoxy) is 1. The summed E-state index contributed by atoms with van der Waals surface area (Å²) in [5.41, 5.74) is 1.84. The number of carbonyl (C=O) groups excluding carboxylic acids is 2. The van der Waals surface area contributed by atoms with Crippen molar-refractivity contribution in [3.05, 3.63) is 23.3 Å². The molecular weight excluding hydrogens is 352 g/mol. The lowest BCUT2D eigenvalue weighted by Crippen LogP contribution is -2.29. The van der Waals surface area contributed by atoms with Gasteiger partial charge < -0.3 is 20.4 Å². The smallest absolute Gasteiger partial charge is 0.354 e. The third-order valence-corrected chi connectivity index (χ3v) is 4.31. The molecule has 9 heteroatoms. The van der Waals surface area contributed by atoms with Crippen LogP contribution in [-0.2, 0) is 9.53 Å². The summed E-state index contributed by atoms with van der Waals surface area (Å²) in [6.45, 7) is 1.19. The molecule has 1 aliphatic rings. The van der Waals surface area contributed by atoms with Gasteiger partial charge in [-0.15, -0.1) is 23.7 Å². The lowest BCUT2D eigenvalue weighted by Gasteiger charge is -2.03. The first-order valence-corrected chi connectivity index (χ1v) is 8.27. The monoisotopic (exact) mass is 370 g/mol. The average molecular weight is 371 g/mol. The van der Waals surface area contributed by atoms with Crippen molar-refractivity contribution in [2.24, 2.45) is 5.92 Å². The van der Waals surface area contributed by atoms with Crippen molar-refractivity contribution in [3.63, 3.8) is 0 Å². The third-order valence-electron chi connectivity index (χ3n) is 3.55. The van der Waals surface area contributed by atoms with Crippen LogP contribution in [0.15, 0.2) is 17.6 Å². The third kappa shape index (κ3) is 4.80. The standard InChI is InChI=1S/C15H18N4O3S.ClH/c1-22-14(21)11-4-10(6-17-11)12-8-23-15(18-12)19-13(20)7-16-5-9-2-3-9;/h4,6,8-9,16-17H,2-3,5,7H2,1H3,(H,18,19,20);1H. The molecule has 0 aromatic carbocycles. The summed E-state index contributed by atoms with van der Waals surface area (Å²) in [5.74, 6) is 0.212. The van der Waals surface area contributed by atoms with Gasteiger partial charge in [-0.05, 0) is 31.4 Å². The van der Waals surface area contributed by atoms with Crippen LogP contribution in [0.2, 0.25) is 0 Å². The Hall–Kier alpha value is -1.90. The van der Waals surface area contributed by atoms with Gasteiger partial charge in [0.05, 0.1) is 19.3 Å². The number of carbonyl (C=O) groups is 2. The zero-order chi connectivity index (χ0) is 16.2. The lowest BCUT2D eigenvalue weighted by molar-refractivity contribution is -0.115. The Bertz CT molecular complexity index is 711. The number of methoxy groups -OCH3 is 1. The maximum absolute atomic E-state index is 11.8. The van der Waals surface area contributed by atoms with E-state index in [-0.39, 0.29) is 18.3 Å². The van der Waals surface area contributed by atoms with Gasteiger partial charge in [0.2, 0.25) is 5.91 Å². The van der Waals surface area contributed by atoms with E-state index in [1.807, 2.05) is 5.38 Å². The minimum atomic E-state index is -0.429. The molecule has 24 heavy (non-hydrogen) atoms. The highest BCUT2D eigenvalue weighted by Crippen LogP contribution is 2.27. The molecule has 7 nitrogen and oxygen atoms in total. The second-order valence-electron chi connectivity index (χ2n) is 5.45. The Morgan fingerprint density at radius 2 is 2.25 bits per heavy atom. The number of hydrogen-bond acceptors (Lipinski definition) is 6. The normalized spacial score (nSPS) is 13.2. The van der Waals surface area contributed by atoms with Crippen LogP contribution >= 0.6 is 23.7 Å². The van der Waals surface area contributed by atoms with E-state index < -0.39 is 5.97 Å². The fourth-order valence-electron chi connectivity index (χ4n) is 2.11. The largest absolute Gasteiger partial charge is 0.464 e. The maximum atomic E-state index is 11.8. The number of aromatic nitrogens is 2. The van der Waals surface area contributed by atoms with Crippen molar-refractivity contribution in [1.82, 2.24) is 15.3 Å². The minimum absolute atomic E-state index is 0. The molecule has 130 valence electrons.